The van der Waals surface area contributed by atoms with Crippen LogP contribution in [0.2, 0.25) is 0 Å². The van der Waals surface area contributed by atoms with E-state index in [-0.39, 0.29) is 23.3 Å². The van der Waals surface area contributed by atoms with Gasteiger partial charge in [0.2, 0.25) is 5.91 Å². The zero-order chi connectivity index (χ0) is 21.5. The van der Waals surface area contributed by atoms with E-state index in [1.54, 1.807) is 19.6 Å². The highest BCUT2D eigenvalue weighted by atomic mass is 16.2. The molecule has 1 unspecified atom stereocenters. The average Bonchev–Trinajstić information content (AvgIpc) is 3.27. The van der Waals surface area contributed by atoms with Crippen molar-refractivity contribution in [3.63, 3.8) is 0 Å². The molecule has 1 atom stereocenters. The number of carbonyl (C=O) groups excluding carboxylic acids is 2. The molecule has 164 valence electrons. The summed E-state index contributed by atoms with van der Waals surface area (Å²) in [5.41, 5.74) is 3.98. The van der Waals surface area contributed by atoms with Crippen LogP contribution in [-0.2, 0) is 37.6 Å². The zero-order valence-electron chi connectivity index (χ0n) is 18.0. The maximum absolute atomic E-state index is 13.3. The number of aromatic amines is 1. The van der Waals surface area contributed by atoms with Gasteiger partial charge in [-0.3, -0.25) is 14.4 Å². The summed E-state index contributed by atoms with van der Waals surface area (Å²) in [5, 5.41) is 0. The number of imidazole rings is 1. The van der Waals surface area contributed by atoms with E-state index < -0.39 is 0 Å². The molecule has 0 saturated carbocycles. The fraction of sp³-hybridized carbons (Fsp3) is 0.565. The van der Waals surface area contributed by atoms with E-state index in [2.05, 4.69) is 9.97 Å². The van der Waals surface area contributed by atoms with Crippen LogP contribution in [0.3, 0.4) is 0 Å². The molecule has 2 aromatic heterocycles. The van der Waals surface area contributed by atoms with Crippen molar-refractivity contribution >= 4 is 11.8 Å². The molecule has 1 N–H and O–H groups in total. The minimum Gasteiger partial charge on any atom is -0.348 e. The summed E-state index contributed by atoms with van der Waals surface area (Å²) in [6.45, 7) is 2.43. The first-order valence-corrected chi connectivity index (χ1v) is 11.3. The Kier molecular flexibility index (Phi) is 5.16. The zero-order valence-corrected chi connectivity index (χ0v) is 18.0. The van der Waals surface area contributed by atoms with E-state index in [1.807, 2.05) is 9.80 Å². The van der Waals surface area contributed by atoms with Gasteiger partial charge >= 0.3 is 0 Å². The first kappa shape index (κ1) is 20.0. The fourth-order valence-electron chi connectivity index (χ4n) is 5.32. The Bertz CT molecular complexity index is 1080. The van der Waals surface area contributed by atoms with Gasteiger partial charge < -0.3 is 19.4 Å². The molecule has 0 spiro atoms. The lowest BCUT2D eigenvalue weighted by Crippen LogP contribution is -2.45. The van der Waals surface area contributed by atoms with Gasteiger partial charge in [0.15, 0.2) is 0 Å². The summed E-state index contributed by atoms with van der Waals surface area (Å²) < 4.78 is 1.50. The number of rotatable bonds is 2. The minimum atomic E-state index is -0.229. The summed E-state index contributed by atoms with van der Waals surface area (Å²) in [4.78, 5) is 50.6. The van der Waals surface area contributed by atoms with Crippen LogP contribution >= 0.6 is 0 Å². The second-order valence-corrected chi connectivity index (χ2v) is 9.05. The van der Waals surface area contributed by atoms with Gasteiger partial charge in [-0.25, -0.2) is 4.98 Å². The van der Waals surface area contributed by atoms with Crippen LogP contribution in [0.15, 0.2) is 17.3 Å². The van der Waals surface area contributed by atoms with Crippen LogP contribution in [0.25, 0.3) is 0 Å². The molecule has 0 bridgehead atoms. The molecule has 0 radical (unpaired) electrons. The van der Waals surface area contributed by atoms with Gasteiger partial charge in [0, 0.05) is 57.5 Å². The molecule has 1 aliphatic carbocycles. The predicted octanol–water partition coefficient (Wildman–Crippen LogP) is 1.42. The molecule has 1 fully saturated rings. The lowest BCUT2D eigenvalue weighted by atomic mass is 9.87. The molecule has 2 aromatic rings. The number of pyridine rings is 1. The van der Waals surface area contributed by atoms with Gasteiger partial charge in [0.25, 0.3) is 11.5 Å². The van der Waals surface area contributed by atoms with Crippen molar-refractivity contribution in [1.82, 2.24) is 24.3 Å². The summed E-state index contributed by atoms with van der Waals surface area (Å²) in [7, 11) is 1.69. The third-order valence-electron chi connectivity index (χ3n) is 7.07. The quantitative estimate of drug-likeness (QED) is 0.791. The number of aryl methyl sites for hydroxylation is 2. The number of fused-ring (bicyclic) bond motifs is 2. The molecule has 3 aliphatic rings. The molecule has 8 nitrogen and oxygen atoms in total. The SMILES string of the molecule is Cn1cc2c(c(C(=O)N3CCCCC3)c1=O)CCN(C(=O)C1CCc3nc[nH]c3C1)C2. The number of hydrogen-bond donors (Lipinski definition) is 1. The van der Waals surface area contributed by atoms with Crippen molar-refractivity contribution < 1.29 is 9.59 Å². The fourth-order valence-corrected chi connectivity index (χ4v) is 5.32. The van der Waals surface area contributed by atoms with Gasteiger partial charge in [0.1, 0.15) is 5.56 Å². The summed E-state index contributed by atoms with van der Waals surface area (Å²) in [5.74, 6) is -0.0314. The van der Waals surface area contributed by atoms with Crippen molar-refractivity contribution in [3.8, 4) is 0 Å². The van der Waals surface area contributed by atoms with E-state index in [4.69, 9.17) is 0 Å². The molecule has 0 aromatic carbocycles. The summed E-state index contributed by atoms with van der Waals surface area (Å²) >= 11 is 0. The van der Waals surface area contributed by atoms with E-state index in [0.29, 0.717) is 44.6 Å². The third-order valence-corrected chi connectivity index (χ3v) is 7.07. The van der Waals surface area contributed by atoms with E-state index in [9.17, 15) is 14.4 Å². The first-order chi connectivity index (χ1) is 15.0. The van der Waals surface area contributed by atoms with Gasteiger partial charge in [0.05, 0.1) is 12.0 Å². The number of amides is 2. The maximum Gasteiger partial charge on any atom is 0.263 e. The number of piperidine rings is 1. The first-order valence-electron chi connectivity index (χ1n) is 11.3. The van der Waals surface area contributed by atoms with E-state index in [0.717, 1.165) is 54.6 Å². The Hall–Kier alpha value is -2.90. The smallest absolute Gasteiger partial charge is 0.263 e. The number of nitrogens with zero attached hydrogens (tertiary/aromatic N) is 4. The van der Waals surface area contributed by atoms with Crippen molar-refractivity contribution in [1.29, 1.82) is 0 Å². The van der Waals surface area contributed by atoms with Gasteiger partial charge in [-0.05, 0) is 49.7 Å². The normalized spacial score (nSPS) is 20.9. The Morgan fingerprint density at radius 3 is 2.71 bits per heavy atom. The Morgan fingerprint density at radius 1 is 1.10 bits per heavy atom. The number of aromatic nitrogens is 3. The van der Waals surface area contributed by atoms with Crippen LogP contribution in [0, 0.1) is 5.92 Å². The number of carbonyl (C=O) groups is 2. The minimum absolute atomic E-state index is 0.0449. The summed E-state index contributed by atoms with van der Waals surface area (Å²) in [6, 6.07) is 0. The Balaban J connectivity index is 1.39. The molecule has 2 aliphatic heterocycles. The highest BCUT2D eigenvalue weighted by molar-refractivity contribution is 5.96. The average molecular weight is 424 g/mol. The lowest BCUT2D eigenvalue weighted by Gasteiger charge is -2.34. The van der Waals surface area contributed by atoms with Crippen molar-refractivity contribution in [3.05, 3.63) is 51.0 Å². The molecular formula is C23H29N5O3. The van der Waals surface area contributed by atoms with Crippen molar-refractivity contribution in [2.75, 3.05) is 19.6 Å². The number of likely N-dealkylation sites (tertiary alicyclic amines) is 1. The Morgan fingerprint density at radius 2 is 1.90 bits per heavy atom. The second-order valence-electron chi connectivity index (χ2n) is 9.05. The van der Waals surface area contributed by atoms with Gasteiger partial charge in [-0.2, -0.15) is 0 Å². The van der Waals surface area contributed by atoms with Crippen LogP contribution in [0.5, 0.6) is 0 Å². The largest absolute Gasteiger partial charge is 0.348 e. The molecule has 2 amide bonds. The molecule has 4 heterocycles. The molecular weight excluding hydrogens is 394 g/mol. The van der Waals surface area contributed by atoms with Crippen LogP contribution in [0.4, 0.5) is 0 Å². The van der Waals surface area contributed by atoms with E-state index >= 15 is 0 Å². The molecule has 5 rings (SSSR count). The predicted molar refractivity (Wildman–Crippen MR) is 115 cm³/mol. The number of hydrogen-bond acceptors (Lipinski definition) is 4. The highest BCUT2D eigenvalue weighted by Gasteiger charge is 2.34. The monoisotopic (exact) mass is 423 g/mol. The molecule has 1 saturated heterocycles. The van der Waals surface area contributed by atoms with Crippen molar-refractivity contribution in [2.45, 2.75) is 51.5 Å². The van der Waals surface area contributed by atoms with Crippen LogP contribution in [-0.4, -0.2) is 55.8 Å². The second kappa shape index (κ2) is 7.98. The lowest BCUT2D eigenvalue weighted by molar-refractivity contribution is -0.136. The molecule has 31 heavy (non-hydrogen) atoms. The topological polar surface area (TPSA) is 91.3 Å². The van der Waals surface area contributed by atoms with Crippen molar-refractivity contribution in [2.24, 2.45) is 13.0 Å². The highest BCUT2D eigenvalue weighted by Crippen LogP contribution is 2.28. The number of nitrogens with one attached hydrogen (secondary N) is 1. The van der Waals surface area contributed by atoms with E-state index in [1.165, 1.54) is 4.57 Å². The molecule has 8 heteroatoms. The van der Waals surface area contributed by atoms with Gasteiger partial charge in [-0.15, -0.1) is 0 Å². The summed E-state index contributed by atoms with van der Waals surface area (Å²) in [6.07, 6.45) is 9.50. The van der Waals surface area contributed by atoms with Crippen LogP contribution in [0.1, 0.15) is 58.6 Å². The number of H-pyrrole nitrogens is 1. The maximum atomic E-state index is 13.3. The standard InChI is InChI=1S/C23H29N5O3/c1-26-12-16-13-28(21(29)15-5-6-18-19(11-15)25-14-24-18)10-7-17(16)20(22(26)30)23(31)27-8-3-2-4-9-27/h12,14-15H,2-11,13H2,1H3,(H,24,25). The van der Waals surface area contributed by atoms with Crippen LogP contribution < -0.4 is 5.56 Å². The Labute approximate surface area is 181 Å². The third kappa shape index (κ3) is 3.58. The van der Waals surface area contributed by atoms with Gasteiger partial charge in [-0.1, -0.05) is 0 Å².